The van der Waals surface area contributed by atoms with E-state index in [4.69, 9.17) is 23.2 Å². The van der Waals surface area contributed by atoms with Gasteiger partial charge in [-0.2, -0.15) is 28.8 Å². The summed E-state index contributed by atoms with van der Waals surface area (Å²) in [7, 11) is -8.54. The van der Waals surface area contributed by atoms with Crippen molar-refractivity contribution in [2.24, 2.45) is 15.3 Å². The first-order valence-electron chi connectivity index (χ1n) is 10.3. The molecule has 0 aliphatic carbocycles. The molecule has 192 valence electrons. The number of hydrazone groups is 1. The second-order valence-corrected chi connectivity index (χ2v) is 11.6. The minimum Gasteiger partial charge on any atom is -0.282 e. The molecular formula is C22H17Cl2N5O6S2. The monoisotopic (exact) mass is 581 g/mol. The highest BCUT2D eigenvalue weighted by atomic mass is 35.5. The van der Waals surface area contributed by atoms with Gasteiger partial charge >= 0.3 is 0 Å². The number of amides is 1. The number of halogens is 2. The molecule has 1 atom stereocenters. The van der Waals surface area contributed by atoms with Crippen molar-refractivity contribution in [1.82, 2.24) is 0 Å². The van der Waals surface area contributed by atoms with Gasteiger partial charge in [-0.05, 0) is 49.4 Å². The Morgan fingerprint density at radius 1 is 0.973 bits per heavy atom. The molecule has 1 aliphatic rings. The van der Waals surface area contributed by atoms with Crippen LogP contribution in [0.4, 0.5) is 17.1 Å². The van der Waals surface area contributed by atoms with Crippen LogP contribution in [0.1, 0.15) is 6.92 Å². The van der Waals surface area contributed by atoms with Crippen molar-refractivity contribution in [3.8, 4) is 0 Å². The number of carbonyl (C=O) groups is 1. The van der Waals surface area contributed by atoms with E-state index in [9.17, 15) is 26.2 Å². The predicted molar refractivity (Wildman–Crippen MR) is 139 cm³/mol. The lowest BCUT2D eigenvalue weighted by Gasteiger charge is -2.15. The van der Waals surface area contributed by atoms with E-state index in [0.29, 0.717) is 5.69 Å². The third-order valence-electron chi connectivity index (χ3n) is 5.05. The van der Waals surface area contributed by atoms with Gasteiger partial charge in [0.15, 0.2) is 6.04 Å². The Bertz CT molecular complexity index is 1660. The van der Waals surface area contributed by atoms with Gasteiger partial charge in [0, 0.05) is 5.69 Å². The van der Waals surface area contributed by atoms with Crippen LogP contribution in [0.2, 0.25) is 10.0 Å². The van der Waals surface area contributed by atoms with Crippen LogP contribution in [-0.4, -0.2) is 39.0 Å². The van der Waals surface area contributed by atoms with E-state index in [1.165, 1.54) is 31.2 Å². The molecule has 3 aromatic carbocycles. The molecule has 11 nitrogen and oxygen atoms in total. The smallest absolute Gasteiger partial charge is 0.282 e. The Hall–Kier alpha value is -3.36. The summed E-state index contributed by atoms with van der Waals surface area (Å²) in [6.45, 7) is 1.52. The van der Waals surface area contributed by atoms with Gasteiger partial charge in [-0.15, -0.1) is 0 Å². The van der Waals surface area contributed by atoms with Crippen LogP contribution in [-0.2, 0) is 24.9 Å². The standard InChI is InChI=1S/C22H17Cl2N5O6S2/c1-13-21(22(30)29(27-13)19-11-18(24)20(12-17(19)23)37(33,34)35)26-25-15-8-5-9-16(10-15)36(31,32)28-14-6-3-2-4-7-14/h2-12,21,28H,1H3,(H,33,34,35)/t21-/m1/s1. The van der Waals surface area contributed by atoms with Crippen molar-refractivity contribution in [3.05, 3.63) is 76.8 Å². The number of hydrogen-bond donors (Lipinski definition) is 2. The number of carbonyl (C=O) groups excluding carboxylic acids is 1. The van der Waals surface area contributed by atoms with Crippen LogP contribution in [0, 0.1) is 0 Å². The van der Waals surface area contributed by atoms with Crippen molar-refractivity contribution in [1.29, 1.82) is 0 Å². The third kappa shape index (κ3) is 5.81. The second-order valence-electron chi connectivity index (χ2n) is 7.69. The van der Waals surface area contributed by atoms with Crippen molar-refractivity contribution >= 4 is 72.0 Å². The molecule has 0 fully saturated rings. The van der Waals surface area contributed by atoms with E-state index >= 15 is 0 Å². The zero-order valence-corrected chi connectivity index (χ0v) is 21.9. The lowest BCUT2D eigenvalue weighted by Crippen LogP contribution is -2.30. The maximum atomic E-state index is 13.0. The molecular weight excluding hydrogens is 565 g/mol. The lowest BCUT2D eigenvalue weighted by molar-refractivity contribution is -0.117. The van der Waals surface area contributed by atoms with Crippen LogP contribution in [0.3, 0.4) is 0 Å². The minimum atomic E-state index is -4.64. The predicted octanol–water partition coefficient (Wildman–Crippen LogP) is 4.92. The summed E-state index contributed by atoms with van der Waals surface area (Å²) in [5.41, 5.74) is 0.783. The van der Waals surface area contributed by atoms with E-state index in [-0.39, 0.29) is 32.0 Å². The van der Waals surface area contributed by atoms with Gasteiger partial charge in [-0.3, -0.25) is 14.1 Å². The molecule has 0 saturated heterocycles. The third-order valence-corrected chi connectivity index (χ3v) is 8.05. The van der Waals surface area contributed by atoms with Crippen molar-refractivity contribution < 1.29 is 26.2 Å². The number of hydrogen-bond acceptors (Lipinski definition) is 8. The zero-order chi connectivity index (χ0) is 27.0. The number of azo groups is 1. The van der Waals surface area contributed by atoms with Crippen molar-refractivity contribution in [2.45, 2.75) is 22.8 Å². The molecule has 0 spiro atoms. The minimum absolute atomic E-state index is 0.0267. The molecule has 1 aliphatic heterocycles. The molecule has 1 amide bonds. The van der Waals surface area contributed by atoms with Gasteiger partial charge in [-0.25, -0.2) is 8.42 Å². The normalized spacial score (nSPS) is 16.3. The number of para-hydroxylation sites is 1. The molecule has 4 rings (SSSR count). The summed E-state index contributed by atoms with van der Waals surface area (Å²) in [6, 6.07) is 14.9. The van der Waals surface area contributed by atoms with Gasteiger partial charge < -0.3 is 0 Å². The first-order chi connectivity index (χ1) is 17.4. The van der Waals surface area contributed by atoms with Gasteiger partial charge in [-0.1, -0.05) is 47.5 Å². The average molecular weight is 582 g/mol. The number of rotatable bonds is 7. The Morgan fingerprint density at radius 3 is 2.35 bits per heavy atom. The Labute approximate surface area is 222 Å². The highest BCUT2D eigenvalue weighted by molar-refractivity contribution is 7.92. The fourth-order valence-corrected chi connectivity index (χ4v) is 5.73. The summed E-state index contributed by atoms with van der Waals surface area (Å²) in [5.74, 6) is -0.659. The van der Waals surface area contributed by atoms with Crippen LogP contribution >= 0.6 is 23.2 Å². The SMILES string of the molecule is CC1=NN(c2cc(Cl)c(S(=O)(=O)O)cc2Cl)C(=O)[C@@H]1N=Nc1cccc(S(=O)(=O)Nc2ccccc2)c1. The first-order valence-corrected chi connectivity index (χ1v) is 14.0. The number of sulfonamides is 1. The fourth-order valence-electron chi connectivity index (χ4n) is 3.30. The van der Waals surface area contributed by atoms with E-state index < -0.39 is 37.0 Å². The highest BCUT2D eigenvalue weighted by Gasteiger charge is 2.36. The summed E-state index contributed by atoms with van der Waals surface area (Å²) >= 11 is 12.1. The van der Waals surface area contributed by atoms with Crippen LogP contribution < -0.4 is 9.73 Å². The van der Waals surface area contributed by atoms with E-state index in [0.717, 1.165) is 17.1 Å². The quantitative estimate of drug-likeness (QED) is 0.297. The average Bonchev–Trinajstić information content (AvgIpc) is 3.11. The Balaban J connectivity index is 1.56. The molecule has 15 heteroatoms. The summed E-state index contributed by atoms with van der Waals surface area (Å²) in [4.78, 5) is 12.3. The van der Waals surface area contributed by atoms with Gasteiger partial charge in [0.2, 0.25) is 0 Å². The first kappa shape index (κ1) is 26.7. The largest absolute Gasteiger partial charge is 0.296 e. The van der Waals surface area contributed by atoms with Crippen molar-refractivity contribution in [2.75, 3.05) is 9.73 Å². The Kier molecular flexibility index (Phi) is 7.35. The molecule has 3 aromatic rings. The summed E-state index contributed by atoms with van der Waals surface area (Å²) < 4.78 is 60.1. The molecule has 37 heavy (non-hydrogen) atoms. The number of nitrogens with zero attached hydrogens (tertiary/aromatic N) is 4. The summed E-state index contributed by atoms with van der Waals surface area (Å²) in [5, 5.41) is 12.5. The van der Waals surface area contributed by atoms with Gasteiger partial charge in [0.25, 0.3) is 26.0 Å². The maximum Gasteiger partial charge on any atom is 0.296 e. The number of benzene rings is 3. The number of nitrogens with one attached hydrogen (secondary N) is 1. The van der Waals surface area contributed by atoms with Crippen molar-refractivity contribution in [3.63, 3.8) is 0 Å². The number of anilines is 2. The van der Waals surface area contributed by atoms with Gasteiger partial charge in [0.1, 0.15) is 4.90 Å². The van der Waals surface area contributed by atoms with Crippen LogP contribution in [0.15, 0.2) is 91.9 Å². The lowest BCUT2D eigenvalue weighted by atomic mass is 10.2. The van der Waals surface area contributed by atoms with E-state index in [1.54, 1.807) is 30.3 Å². The van der Waals surface area contributed by atoms with E-state index in [2.05, 4.69) is 20.1 Å². The Morgan fingerprint density at radius 2 is 1.68 bits per heavy atom. The molecule has 1 heterocycles. The van der Waals surface area contributed by atoms with Gasteiger partial charge in [0.05, 0.1) is 32.0 Å². The molecule has 0 radical (unpaired) electrons. The zero-order valence-electron chi connectivity index (χ0n) is 18.8. The molecule has 0 unspecified atom stereocenters. The fraction of sp³-hybridized carbons (Fsp3) is 0.0909. The molecule has 0 saturated carbocycles. The van der Waals surface area contributed by atoms with Crippen LogP contribution in [0.25, 0.3) is 0 Å². The van der Waals surface area contributed by atoms with Crippen LogP contribution in [0.5, 0.6) is 0 Å². The summed E-state index contributed by atoms with van der Waals surface area (Å²) in [6.07, 6.45) is 0. The molecule has 0 aromatic heterocycles. The maximum absolute atomic E-state index is 13.0. The highest BCUT2D eigenvalue weighted by Crippen LogP contribution is 2.36. The van der Waals surface area contributed by atoms with E-state index in [1.807, 2.05) is 0 Å². The molecule has 0 bridgehead atoms. The molecule has 2 N–H and O–H groups in total. The second kappa shape index (κ2) is 10.2. The topological polar surface area (TPSA) is 158 Å².